The van der Waals surface area contributed by atoms with E-state index in [0.717, 1.165) is 22.3 Å². The lowest BCUT2D eigenvalue weighted by molar-refractivity contribution is 0.484. The van der Waals surface area contributed by atoms with Crippen molar-refractivity contribution in [1.82, 2.24) is 9.78 Å². The molecule has 0 aliphatic rings. The molecule has 0 radical (unpaired) electrons. The lowest BCUT2D eigenvalue weighted by atomic mass is 10.1. The van der Waals surface area contributed by atoms with Crippen molar-refractivity contribution in [2.75, 3.05) is 5.73 Å². The van der Waals surface area contributed by atoms with Gasteiger partial charge in [-0.15, -0.1) is 0 Å². The lowest BCUT2D eigenvalue weighted by Gasteiger charge is -2.04. The Balaban J connectivity index is 2.41. The second kappa shape index (κ2) is 5.33. The number of nitrogens with two attached hydrogens (primary N) is 1. The topological polar surface area (TPSA) is 43.8 Å². The first-order valence-corrected chi connectivity index (χ1v) is 6.93. The van der Waals surface area contributed by atoms with Crippen LogP contribution in [0.15, 0.2) is 28.9 Å². The Kier molecular flexibility index (Phi) is 3.97. The standard InChI is InChI=1S/C13H15BrClN3/c1-8(2)6-18-7-12(16)13(17-18)10-4-3-9(14)5-11(10)15/h3-5,7-8H,6,16H2,1-2H3. The fourth-order valence-electron chi connectivity index (χ4n) is 1.80. The molecule has 0 saturated carbocycles. The van der Waals surface area contributed by atoms with Gasteiger partial charge in [0.25, 0.3) is 0 Å². The summed E-state index contributed by atoms with van der Waals surface area (Å²) >= 11 is 9.60. The Morgan fingerprint density at radius 2 is 2.17 bits per heavy atom. The molecular formula is C13H15BrClN3. The zero-order chi connectivity index (χ0) is 13.3. The van der Waals surface area contributed by atoms with Crippen LogP contribution in [0.1, 0.15) is 13.8 Å². The van der Waals surface area contributed by atoms with E-state index in [0.29, 0.717) is 16.6 Å². The summed E-state index contributed by atoms with van der Waals surface area (Å²) in [5, 5.41) is 5.15. The summed E-state index contributed by atoms with van der Waals surface area (Å²) in [5.74, 6) is 0.525. The molecule has 18 heavy (non-hydrogen) atoms. The van der Waals surface area contributed by atoms with Gasteiger partial charge < -0.3 is 5.73 Å². The van der Waals surface area contributed by atoms with Gasteiger partial charge in [0.2, 0.25) is 0 Å². The number of hydrogen-bond acceptors (Lipinski definition) is 2. The first-order valence-electron chi connectivity index (χ1n) is 5.75. The van der Waals surface area contributed by atoms with Crippen molar-refractivity contribution in [1.29, 1.82) is 0 Å². The molecular weight excluding hydrogens is 314 g/mol. The Bertz CT molecular complexity index is 563. The van der Waals surface area contributed by atoms with Gasteiger partial charge in [0.15, 0.2) is 0 Å². The van der Waals surface area contributed by atoms with Crippen LogP contribution in [0, 0.1) is 5.92 Å². The van der Waals surface area contributed by atoms with E-state index < -0.39 is 0 Å². The van der Waals surface area contributed by atoms with Crippen molar-refractivity contribution in [2.24, 2.45) is 5.92 Å². The molecule has 1 aromatic carbocycles. The number of anilines is 1. The number of aromatic nitrogens is 2. The number of benzene rings is 1. The molecule has 1 aromatic heterocycles. The maximum atomic E-state index is 6.22. The van der Waals surface area contributed by atoms with E-state index in [1.165, 1.54) is 0 Å². The molecule has 0 bridgehead atoms. The Morgan fingerprint density at radius 1 is 1.44 bits per heavy atom. The van der Waals surface area contributed by atoms with Gasteiger partial charge in [0.1, 0.15) is 5.69 Å². The smallest absolute Gasteiger partial charge is 0.117 e. The Labute approximate surface area is 120 Å². The van der Waals surface area contributed by atoms with E-state index in [1.54, 1.807) is 0 Å². The van der Waals surface area contributed by atoms with Crippen LogP contribution >= 0.6 is 27.5 Å². The maximum Gasteiger partial charge on any atom is 0.117 e. The van der Waals surface area contributed by atoms with Gasteiger partial charge >= 0.3 is 0 Å². The van der Waals surface area contributed by atoms with Gasteiger partial charge in [0, 0.05) is 22.8 Å². The molecule has 0 atom stereocenters. The fraction of sp³-hybridized carbons (Fsp3) is 0.308. The molecule has 0 unspecified atom stereocenters. The number of halogens is 2. The summed E-state index contributed by atoms with van der Waals surface area (Å²) < 4.78 is 2.81. The molecule has 2 rings (SSSR count). The van der Waals surface area contributed by atoms with Crippen LogP contribution in [-0.2, 0) is 6.54 Å². The molecule has 0 saturated heterocycles. The number of hydrogen-bond donors (Lipinski definition) is 1. The van der Waals surface area contributed by atoms with E-state index in [-0.39, 0.29) is 0 Å². The SMILES string of the molecule is CC(C)Cn1cc(N)c(-c2ccc(Br)cc2Cl)n1. The van der Waals surface area contributed by atoms with Crippen LogP contribution < -0.4 is 5.73 Å². The second-order valence-electron chi connectivity index (χ2n) is 4.67. The highest BCUT2D eigenvalue weighted by atomic mass is 79.9. The molecule has 2 N–H and O–H groups in total. The highest BCUT2D eigenvalue weighted by Gasteiger charge is 2.12. The van der Waals surface area contributed by atoms with Crippen molar-refractivity contribution in [3.8, 4) is 11.3 Å². The monoisotopic (exact) mass is 327 g/mol. The average molecular weight is 329 g/mol. The Hall–Kier alpha value is -1.00. The van der Waals surface area contributed by atoms with Crippen molar-refractivity contribution in [3.63, 3.8) is 0 Å². The van der Waals surface area contributed by atoms with Gasteiger partial charge in [-0.1, -0.05) is 47.4 Å². The molecule has 96 valence electrons. The number of rotatable bonds is 3. The molecule has 5 heteroatoms. The summed E-state index contributed by atoms with van der Waals surface area (Å²) in [6, 6.07) is 5.70. The third-order valence-corrected chi connectivity index (χ3v) is 3.33. The van der Waals surface area contributed by atoms with E-state index >= 15 is 0 Å². The summed E-state index contributed by atoms with van der Waals surface area (Å²) in [4.78, 5) is 0. The van der Waals surface area contributed by atoms with E-state index in [2.05, 4.69) is 34.9 Å². The van der Waals surface area contributed by atoms with Crippen LogP contribution in [0.25, 0.3) is 11.3 Å². The van der Waals surface area contributed by atoms with Crippen molar-refractivity contribution < 1.29 is 0 Å². The molecule has 0 aliphatic heterocycles. The number of nitrogen functional groups attached to an aromatic ring is 1. The van der Waals surface area contributed by atoms with Crippen LogP contribution in [0.5, 0.6) is 0 Å². The molecule has 0 fully saturated rings. The largest absolute Gasteiger partial charge is 0.396 e. The highest BCUT2D eigenvalue weighted by Crippen LogP contribution is 2.32. The Morgan fingerprint density at radius 3 is 2.78 bits per heavy atom. The summed E-state index contributed by atoms with van der Waals surface area (Å²) in [7, 11) is 0. The predicted octanol–water partition coefficient (Wildman–Crippen LogP) is 4.20. The minimum absolute atomic E-state index is 0.525. The van der Waals surface area contributed by atoms with Crippen molar-refractivity contribution in [2.45, 2.75) is 20.4 Å². The van der Waals surface area contributed by atoms with Gasteiger partial charge in [-0.25, -0.2) is 0 Å². The van der Waals surface area contributed by atoms with Crippen molar-refractivity contribution in [3.05, 3.63) is 33.9 Å². The van der Waals surface area contributed by atoms with E-state index in [4.69, 9.17) is 17.3 Å². The summed E-state index contributed by atoms with van der Waals surface area (Å²) in [6.45, 7) is 5.13. The molecule has 0 amide bonds. The minimum atomic E-state index is 0.525. The normalized spacial score (nSPS) is 11.2. The zero-order valence-corrected chi connectivity index (χ0v) is 12.7. The molecule has 2 aromatic rings. The van der Waals surface area contributed by atoms with Crippen LogP contribution in [0.2, 0.25) is 5.02 Å². The fourth-order valence-corrected chi connectivity index (χ4v) is 2.56. The molecule has 0 spiro atoms. The number of nitrogens with zero attached hydrogens (tertiary/aromatic N) is 2. The summed E-state index contributed by atoms with van der Waals surface area (Å²) in [5.41, 5.74) is 8.26. The van der Waals surface area contributed by atoms with E-state index in [1.807, 2.05) is 29.1 Å². The van der Waals surface area contributed by atoms with E-state index in [9.17, 15) is 0 Å². The quantitative estimate of drug-likeness (QED) is 0.917. The predicted molar refractivity (Wildman–Crippen MR) is 79.6 cm³/mol. The molecule has 1 heterocycles. The maximum absolute atomic E-state index is 6.22. The first kappa shape index (κ1) is 13.4. The molecule has 3 nitrogen and oxygen atoms in total. The molecule has 0 aliphatic carbocycles. The van der Waals surface area contributed by atoms with Gasteiger partial charge in [-0.3, -0.25) is 4.68 Å². The highest BCUT2D eigenvalue weighted by molar-refractivity contribution is 9.10. The minimum Gasteiger partial charge on any atom is -0.396 e. The summed E-state index contributed by atoms with van der Waals surface area (Å²) in [6.07, 6.45) is 1.85. The van der Waals surface area contributed by atoms with Gasteiger partial charge in [-0.2, -0.15) is 5.10 Å². The third-order valence-electron chi connectivity index (χ3n) is 2.53. The van der Waals surface area contributed by atoms with Crippen LogP contribution in [0.4, 0.5) is 5.69 Å². The van der Waals surface area contributed by atoms with Crippen LogP contribution in [-0.4, -0.2) is 9.78 Å². The second-order valence-corrected chi connectivity index (χ2v) is 6.00. The van der Waals surface area contributed by atoms with Crippen molar-refractivity contribution >= 4 is 33.2 Å². The zero-order valence-electron chi connectivity index (χ0n) is 10.3. The first-order chi connectivity index (χ1) is 8.47. The van der Waals surface area contributed by atoms with Crippen LogP contribution in [0.3, 0.4) is 0 Å². The average Bonchev–Trinajstić information content (AvgIpc) is 2.58. The third kappa shape index (κ3) is 2.87. The van der Waals surface area contributed by atoms with Gasteiger partial charge in [-0.05, 0) is 18.1 Å². The lowest BCUT2D eigenvalue weighted by Crippen LogP contribution is -2.04. The van der Waals surface area contributed by atoms with Gasteiger partial charge in [0.05, 0.1) is 10.7 Å².